The van der Waals surface area contributed by atoms with Gasteiger partial charge in [0, 0.05) is 29.6 Å². The number of aromatic amines is 2. The van der Waals surface area contributed by atoms with Gasteiger partial charge in [0.05, 0.1) is 12.7 Å². The molecule has 0 aliphatic carbocycles. The van der Waals surface area contributed by atoms with Crippen LogP contribution in [0.2, 0.25) is 0 Å². The van der Waals surface area contributed by atoms with E-state index in [9.17, 15) is 0 Å². The van der Waals surface area contributed by atoms with E-state index < -0.39 is 0 Å². The summed E-state index contributed by atoms with van der Waals surface area (Å²) in [5.41, 5.74) is 1.54. The largest absolute Gasteiger partial charge is 0.341 e. The van der Waals surface area contributed by atoms with Crippen LogP contribution in [0.1, 0.15) is 0 Å². The molecule has 2 rings (SSSR count). The minimum atomic E-state index is 0. The number of aromatic nitrogens is 4. The summed E-state index contributed by atoms with van der Waals surface area (Å²) in [5, 5.41) is 0. The molecule has 0 aliphatic rings. The fourth-order valence-electron chi connectivity index (χ4n) is 0.783. The third-order valence-corrected chi connectivity index (χ3v) is 1.55. The number of nitrogens with zero attached hydrogens (tertiary/aromatic N) is 2. The molecular formula is C5H4N4NaS. The quantitative estimate of drug-likeness (QED) is 0.456. The maximum Gasteiger partial charge on any atom is 0.159 e. The minimum Gasteiger partial charge on any atom is -0.341 e. The Morgan fingerprint density at radius 1 is 1.18 bits per heavy atom. The van der Waals surface area contributed by atoms with Crippen LogP contribution in [0.5, 0.6) is 0 Å². The van der Waals surface area contributed by atoms with Crippen LogP contribution >= 0.6 is 12.2 Å². The maximum atomic E-state index is 4.91. The monoisotopic (exact) mass is 175 g/mol. The Bertz CT molecular complexity index is 406. The average Bonchev–Trinajstić information content (AvgIpc) is 2.36. The number of hydrogen-bond donors (Lipinski definition) is 2. The van der Waals surface area contributed by atoms with Crippen molar-refractivity contribution in [2.24, 2.45) is 0 Å². The van der Waals surface area contributed by atoms with E-state index in [1.165, 1.54) is 6.33 Å². The molecule has 1 radical (unpaired) electrons. The first-order chi connectivity index (χ1) is 4.88. The van der Waals surface area contributed by atoms with E-state index >= 15 is 0 Å². The molecule has 0 saturated carbocycles. The van der Waals surface area contributed by atoms with Gasteiger partial charge in [-0.2, -0.15) is 0 Å². The van der Waals surface area contributed by atoms with E-state index in [1.807, 2.05) is 0 Å². The summed E-state index contributed by atoms with van der Waals surface area (Å²) < 4.78 is 0.547. The SMILES string of the molecule is S=c1nc[nH]c2nc[nH]c12.[Na]. The molecule has 0 atom stereocenters. The van der Waals surface area contributed by atoms with Gasteiger partial charge in [-0.25, -0.2) is 9.97 Å². The zero-order valence-corrected chi connectivity index (χ0v) is 8.77. The Balaban J connectivity index is 0.000000605. The van der Waals surface area contributed by atoms with Crippen LogP contribution in [-0.4, -0.2) is 49.5 Å². The van der Waals surface area contributed by atoms with Crippen LogP contribution < -0.4 is 0 Å². The first kappa shape index (κ1) is 8.86. The standard InChI is InChI=1S/C5H4N4S.Na/c10-5-3-4(7-1-6-3)8-2-9-5;/h1-2H,(H2,6,7,8,9,10);. The van der Waals surface area contributed by atoms with E-state index in [-0.39, 0.29) is 29.6 Å². The van der Waals surface area contributed by atoms with Crippen LogP contribution in [0.25, 0.3) is 11.2 Å². The van der Waals surface area contributed by atoms with Gasteiger partial charge in [0.25, 0.3) is 0 Å². The summed E-state index contributed by atoms with van der Waals surface area (Å²) in [6.07, 6.45) is 3.12. The zero-order valence-electron chi connectivity index (χ0n) is 5.96. The molecule has 2 aromatic rings. The fraction of sp³-hybridized carbons (Fsp3) is 0. The van der Waals surface area contributed by atoms with E-state index in [4.69, 9.17) is 12.2 Å². The molecule has 2 heterocycles. The summed E-state index contributed by atoms with van der Waals surface area (Å²) in [7, 11) is 0. The molecule has 11 heavy (non-hydrogen) atoms. The summed E-state index contributed by atoms with van der Waals surface area (Å²) in [6, 6.07) is 0. The van der Waals surface area contributed by atoms with Crippen molar-refractivity contribution in [2.75, 3.05) is 0 Å². The van der Waals surface area contributed by atoms with Crippen molar-refractivity contribution >= 4 is 52.9 Å². The van der Waals surface area contributed by atoms with Crippen LogP contribution in [0.4, 0.5) is 0 Å². The van der Waals surface area contributed by atoms with Gasteiger partial charge in [-0.3, -0.25) is 0 Å². The molecule has 6 heteroatoms. The molecule has 0 bridgehead atoms. The second-order valence-corrected chi connectivity index (χ2v) is 2.22. The maximum absolute atomic E-state index is 4.91. The molecule has 0 fully saturated rings. The summed E-state index contributed by atoms with van der Waals surface area (Å²) in [6.45, 7) is 0. The van der Waals surface area contributed by atoms with Crippen molar-refractivity contribution in [3.8, 4) is 0 Å². The smallest absolute Gasteiger partial charge is 0.159 e. The van der Waals surface area contributed by atoms with Crippen LogP contribution in [0.15, 0.2) is 12.7 Å². The van der Waals surface area contributed by atoms with Gasteiger partial charge in [0.2, 0.25) is 0 Å². The van der Waals surface area contributed by atoms with Crippen LogP contribution in [-0.2, 0) is 0 Å². The topological polar surface area (TPSA) is 57.4 Å². The molecule has 2 N–H and O–H groups in total. The Kier molecular flexibility index (Phi) is 2.78. The van der Waals surface area contributed by atoms with Gasteiger partial charge in [-0.1, -0.05) is 12.2 Å². The van der Waals surface area contributed by atoms with E-state index in [2.05, 4.69) is 19.9 Å². The van der Waals surface area contributed by atoms with Crippen molar-refractivity contribution in [1.29, 1.82) is 0 Å². The third-order valence-electron chi connectivity index (χ3n) is 1.24. The second-order valence-electron chi connectivity index (χ2n) is 1.83. The van der Waals surface area contributed by atoms with Gasteiger partial charge in [0.15, 0.2) is 10.3 Å². The molecule has 0 aromatic carbocycles. The van der Waals surface area contributed by atoms with E-state index in [0.29, 0.717) is 4.64 Å². The van der Waals surface area contributed by atoms with Crippen molar-refractivity contribution in [1.82, 2.24) is 19.9 Å². The Hall–Kier alpha value is -0.230. The van der Waals surface area contributed by atoms with Gasteiger partial charge >= 0.3 is 0 Å². The number of H-pyrrole nitrogens is 2. The van der Waals surface area contributed by atoms with E-state index in [1.54, 1.807) is 6.33 Å². The molecule has 0 unspecified atom stereocenters. The van der Waals surface area contributed by atoms with Crippen LogP contribution in [0.3, 0.4) is 0 Å². The number of nitrogens with one attached hydrogen (secondary N) is 2. The molecule has 0 amide bonds. The molecule has 0 spiro atoms. The molecule has 2 aromatic heterocycles. The number of imidazole rings is 1. The molecule has 4 nitrogen and oxygen atoms in total. The van der Waals surface area contributed by atoms with E-state index in [0.717, 1.165) is 11.2 Å². The van der Waals surface area contributed by atoms with Crippen molar-refractivity contribution in [3.63, 3.8) is 0 Å². The summed E-state index contributed by atoms with van der Waals surface area (Å²) >= 11 is 4.91. The van der Waals surface area contributed by atoms with Gasteiger partial charge in [0.1, 0.15) is 5.52 Å². The Labute approximate surface area is 89.8 Å². The molecule has 0 saturated heterocycles. The Morgan fingerprint density at radius 2 is 1.91 bits per heavy atom. The van der Waals surface area contributed by atoms with Crippen molar-refractivity contribution < 1.29 is 0 Å². The first-order valence-corrected chi connectivity index (χ1v) is 3.15. The predicted octanol–water partition coefficient (Wildman–Crippen LogP) is 0.635. The minimum absolute atomic E-state index is 0. The van der Waals surface area contributed by atoms with Crippen LogP contribution in [0, 0.1) is 4.64 Å². The number of hydrogen-bond acceptors (Lipinski definition) is 3. The first-order valence-electron chi connectivity index (χ1n) is 2.75. The van der Waals surface area contributed by atoms with Crippen molar-refractivity contribution in [2.45, 2.75) is 0 Å². The fourth-order valence-corrected chi connectivity index (χ4v) is 0.992. The van der Waals surface area contributed by atoms with Crippen molar-refractivity contribution in [3.05, 3.63) is 17.3 Å². The van der Waals surface area contributed by atoms with Gasteiger partial charge < -0.3 is 9.97 Å². The number of fused-ring (bicyclic) bond motifs is 1. The zero-order chi connectivity index (χ0) is 6.97. The Morgan fingerprint density at radius 3 is 2.64 bits per heavy atom. The number of rotatable bonds is 0. The molecule has 51 valence electrons. The average molecular weight is 175 g/mol. The summed E-state index contributed by atoms with van der Waals surface area (Å²) in [5.74, 6) is 0. The second kappa shape index (κ2) is 3.44. The molecular weight excluding hydrogens is 171 g/mol. The normalized spacial score (nSPS) is 9.45. The molecule has 0 aliphatic heterocycles. The summed E-state index contributed by atoms with van der Waals surface area (Å²) in [4.78, 5) is 13.6. The van der Waals surface area contributed by atoms with Gasteiger partial charge in [-0.05, 0) is 0 Å². The predicted molar refractivity (Wildman–Crippen MR) is 44.8 cm³/mol. The van der Waals surface area contributed by atoms with Gasteiger partial charge in [-0.15, -0.1) is 0 Å². The third kappa shape index (κ3) is 1.51.